The van der Waals surface area contributed by atoms with E-state index in [1.165, 1.54) is 6.07 Å². The van der Waals surface area contributed by atoms with Crippen LogP contribution in [-0.4, -0.2) is 31.7 Å². The topological polar surface area (TPSA) is 66.5 Å². The molecule has 5 nitrogen and oxygen atoms in total. The lowest BCUT2D eigenvalue weighted by atomic mass is 10.1. The van der Waals surface area contributed by atoms with Gasteiger partial charge in [-0.3, -0.25) is 4.79 Å². The maximum absolute atomic E-state index is 13.0. The van der Waals surface area contributed by atoms with Crippen LogP contribution in [0.5, 0.6) is 0 Å². The Hall–Kier alpha value is -2.12. The van der Waals surface area contributed by atoms with Crippen LogP contribution in [0.3, 0.4) is 0 Å². The molecule has 3 aromatic rings. The molecule has 0 spiro atoms. The molecule has 1 amide bonds. The number of nitrogens with one attached hydrogen (secondary N) is 1. The number of hydrogen-bond donors (Lipinski definition) is 1. The molecule has 8 heteroatoms. The van der Waals surface area contributed by atoms with Crippen LogP contribution in [-0.2, 0) is 14.8 Å². The number of nitrogens with zero attached hydrogens (tertiary/aromatic N) is 1. The van der Waals surface area contributed by atoms with Gasteiger partial charge in [0.15, 0.2) is 0 Å². The number of anilines is 1. The van der Waals surface area contributed by atoms with Crippen LogP contribution in [0.25, 0.3) is 10.8 Å². The van der Waals surface area contributed by atoms with Crippen molar-refractivity contribution in [3.63, 3.8) is 0 Å². The molecule has 0 heterocycles. The van der Waals surface area contributed by atoms with Gasteiger partial charge in [0.2, 0.25) is 15.9 Å². The van der Waals surface area contributed by atoms with E-state index >= 15 is 0 Å². The molecule has 0 saturated carbocycles. The van der Waals surface area contributed by atoms with E-state index in [0.717, 1.165) is 15.1 Å². The first-order chi connectivity index (χ1) is 13.3. The van der Waals surface area contributed by atoms with E-state index in [1.807, 2.05) is 24.3 Å². The lowest BCUT2D eigenvalue weighted by Crippen LogP contribution is -2.37. The summed E-state index contributed by atoms with van der Waals surface area (Å²) in [7, 11) is -3.82. The summed E-state index contributed by atoms with van der Waals surface area (Å²) in [4.78, 5) is 12.5. The summed E-state index contributed by atoms with van der Waals surface area (Å²) >= 11 is 11.8. The van der Waals surface area contributed by atoms with E-state index in [-0.39, 0.29) is 18.0 Å². The third-order valence-corrected chi connectivity index (χ3v) is 6.89. The highest BCUT2D eigenvalue weighted by molar-refractivity contribution is 7.89. The van der Waals surface area contributed by atoms with Crippen molar-refractivity contribution >= 4 is 55.6 Å². The van der Waals surface area contributed by atoms with Crippen molar-refractivity contribution in [1.82, 2.24) is 4.31 Å². The minimum atomic E-state index is -3.82. The van der Waals surface area contributed by atoms with Crippen LogP contribution in [0.1, 0.15) is 6.92 Å². The normalized spacial score (nSPS) is 11.7. The average Bonchev–Trinajstić information content (AvgIpc) is 2.68. The van der Waals surface area contributed by atoms with Crippen molar-refractivity contribution in [3.8, 4) is 0 Å². The van der Waals surface area contributed by atoms with Gasteiger partial charge in [-0.05, 0) is 41.1 Å². The molecule has 146 valence electrons. The van der Waals surface area contributed by atoms with Gasteiger partial charge in [-0.1, -0.05) is 60.5 Å². The highest BCUT2D eigenvalue weighted by atomic mass is 35.5. The number of rotatable bonds is 6. The van der Waals surface area contributed by atoms with Crippen LogP contribution in [0, 0.1) is 0 Å². The van der Waals surface area contributed by atoms with Gasteiger partial charge in [0, 0.05) is 12.2 Å². The van der Waals surface area contributed by atoms with Crippen molar-refractivity contribution in [3.05, 3.63) is 70.7 Å². The largest absolute Gasteiger partial charge is 0.325 e. The van der Waals surface area contributed by atoms with Gasteiger partial charge in [0.05, 0.1) is 21.5 Å². The molecule has 0 aliphatic carbocycles. The zero-order chi connectivity index (χ0) is 20.3. The number of benzene rings is 3. The van der Waals surface area contributed by atoms with Crippen LogP contribution in [0.4, 0.5) is 5.69 Å². The highest BCUT2D eigenvalue weighted by Crippen LogP contribution is 2.25. The monoisotopic (exact) mass is 436 g/mol. The molecule has 0 saturated heterocycles. The second-order valence-corrected chi connectivity index (χ2v) is 8.87. The number of carbonyl (C=O) groups excluding carboxylic acids is 1. The van der Waals surface area contributed by atoms with Crippen LogP contribution < -0.4 is 5.32 Å². The van der Waals surface area contributed by atoms with Gasteiger partial charge in [0.1, 0.15) is 0 Å². The molecular formula is C20H18Cl2N2O3S. The van der Waals surface area contributed by atoms with Gasteiger partial charge < -0.3 is 5.32 Å². The summed E-state index contributed by atoms with van der Waals surface area (Å²) in [5.74, 6) is -0.468. The molecule has 3 rings (SSSR count). The molecule has 1 N–H and O–H groups in total. The molecule has 0 aliphatic rings. The summed E-state index contributed by atoms with van der Waals surface area (Å²) in [5.41, 5.74) is 0.443. The fraction of sp³-hybridized carbons (Fsp3) is 0.150. The molecule has 28 heavy (non-hydrogen) atoms. The van der Waals surface area contributed by atoms with E-state index in [9.17, 15) is 13.2 Å². The minimum absolute atomic E-state index is 0.149. The van der Waals surface area contributed by atoms with E-state index in [1.54, 1.807) is 37.3 Å². The Bertz CT molecular complexity index is 1130. The SMILES string of the molecule is CCN(CC(=O)Nc1ccc(Cl)c(Cl)c1)S(=O)(=O)c1ccc2ccccc2c1. The summed E-state index contributed by atoms with van der Waals surface area (Å²) in [6.07, 6.45) is 0. The quantitative estimate of drug-likeness (QED) is 0.603. The summed E-state index contributed by atoms with van der Waals surface area (Å²) in [6.45, 7) is 1.53. The minimum Gasteiger partial charge on any atom is -0.325 e. The Morgan fingerprint density at radius 1 is 0.964 bits per heavy atom. The predicted octanol–water partition coefficient (Wildman–Crippen LogP) is 4.80. The van der Waals surface area contributed by atoms with Gasteiger partial charge >= 0.3 is 0 Å². The molecule has 0 radical (unpaired) electrons. The molecule has 0 aromatic heterocycles. The van der Waals surface area contributed by atoms with E-state index in [0.29, 0.717) is 15.7 Å². The van der Waals surface area contributed by atoms with Crippen molar-refractivity contribution in [2.24, 2.45) is 0 Å². The Labute approximate surface area is 173 Å². The van der Waals surface area contributed by atoms with Crippen LogP contribution in [0.2, 0.25) is 10.0 Å². The number of sulfonamides is 1. The van der Waals surface area contributed by atoms with Crippen molar-refractivity contribution in [2.45, 2.75) is 11.8 Å². The smallest absolute Gasteiger partial charge is 0.243 e. The van der Waals surface area contributed by atoms with E-state index in [4.69, 9.17) is 23.2 Å². The molecule has 0 atom stereocenters. The molecule has 0 fully saturated rings. The van der Waals surface area contributed by atoms with E-state index in [2.05, 4.69) is 5.32 Å². The number of amides is 1. The van der Waals surface area contributed by atoms with Gasteiger partial charge in [-0.25, -0.2) is 8.42 Å². The zero-order valence-corrected chi connectivity index (χ0v) is 17.4. The Morgan fingerprint density at radius 3 is 2.36 bits per heavy atom. The number of halogens is 2. The Kier molecular flexibility index (Phi) is 6.25. The average molecular weight is 437 g/mol. The second kappa shape index (κ2) is 8.49. The van der Waals surface area contributed by atoms with E-state index < -0.39 is 15.9 Å². The summed E-state index contributed by atoms with van der Waals surface area (Å²) in [6, 6.07) is 17.1. The fourth-order valence-corrected chi connectivity index (χ4v) is 4.52. The third kappa shape index (κ3) is 4.47. The van der Waals surface area contributed by atoms with Crippen LogP contribution in [0.15, 0.2) is 65.6 Å². The Morgan fingerprint density at radius 2 is 1.68 bits per heavy atom. The lowest BCUT2D eigenvalue weighted by Gasteiger charge is -2.20. The van der Waals surface area contributed by atoms with Gasteiger partial charge in [-0.15, -0.1) is 0 Å². The maximum atomic E-state index is 13.0. The van der Waals surface area contributed by atoms with Gasteiger partial charge in [0.25, 0.3) is 0 Å². The van der Waals surface area contributed by atoms with Crippen LogP contribution >= 0.6 is 23.2 Å². The first kappa shape index (κ1) is 20.6. The number of fused-ring (bicyclic) bond motifs is 1. The molecule has 0 aliphatic heterocycles. The first-order valence-electron chi connectivity index (χ1n) is 8.55. The molecule has 3 aromatic carbocycles. The maximum Gasteiger partial charge on any atom is 0.243 e. The number of likely N-dealkylation sites (N-methyl/N-ethyl adjacent to an activating group) is 1. The predicted molar refractivity (Wildman–Crippen MR) is 113 cm³/mol. The highest BCUT2D eigenvalue weighted by Gasteiger charge is 2.25. The Balaban J connectivity index is 1.80. The number of carbonyl (C=O) groups is 1. The molecular weight excluding hydrogens is 419 g/mol. The van der Waals surface area contributed by atoms with Crippen molar-refractivity contribution in [1.29, 1.82) is 0 Å². The first-order valence-corrected chi connectivity index (χ1v) is 10.7. The third-order valence-electron chi connectivity index (χ3n) is 4.23. The number of hydrogen-bond acceptors (Lipinski definition) is 3. The second-order valence-electron chi connectivity index (χ2n) is 6.12. The van der Waals surface area contributed by atoms with Gasteiger partial charge in [-0.2, -0.15) is 4.31 Å². The molecule has 0 unspecified atom stereocenters. The standard InChI is InChI=1S/C20H18Cl2N2O3S/c1-2-24(13-20(25)23-16-8-10-18(21)19(22)12-16)28(26,27)17-9-7-14-5-3-4-6-15(14)11-17/h3-12H,2,13H2,1H3,(H,23,25). The van der Waals surface area contributed by atoms with Crippen molar-refractivity contribution < 1.29 is 13.2 Å². The fourth-order valence-electron chi connectivity index (χ4n) is 2.78. The molecule has 0 bridgehead atoms. The summed E-state index contributed by atoms with van der Waals surface area (Å²) in [5, 5.41) is 5.08. The zero-order valence-electron chi connectivity index (χ0n) is 15.0. The lowest BCUT2D eigenvalue weighted by molar-refractivity contribution is -0.116. The summed E-state index contributed by atoms with van der Waals surface area (Å²) < 4.78 is 27.1. The van der Waals surface area contributed by atoms with Crippen molar-refractivity contribution in [2.75, 3.05) is 18.4 Å².